The van der Waals surface area contributed by atoms with E-state index in [2.05, 4.69) is 36.5 Å². The zero-order chi connectivity index (χ0) is 16.7. The number of rotatable bonds is 8. The zero-order valence-electron chi connectivity index (χ0n) is 13.9. The van der Waals surface area contributed by atoms with Crippen LogP contribution in [-0.2, 0) is 6.54 Å². The molecule has 1 N–H and O–H groups in total. The van der Waals surface area contributed by atoms with E-state index in [0.717, 1.165) is 18.7 Å². The minimum absolute atomic E-state index is 0.455. The Bertz CT molecular complexity index is 616. The first-order valence-corrected chi connectivity index (χ1v) is 8.28. The Morgan fingerprint density at radius 1 is 1.17 bits per heavy atom. The Kier molecular flexibility index (Phi) is 6.75. The van der Waals surface area contributed by atoms with Crippen molar-refractivity contribution in [3.63, 3.8) is 0 Å². The average molecular weight is 334 g/mol. The van der Waals surface area contributed by atoms with Crippen molar-refractivity contribution in [2.24, 2.45) is 0 Å². The summed E-state index contributed by atoms with van der Waals surface area (Å²) in [5, 5.41) is 4.05. The minimum Gasteiger partial charge on any atom is -0.491 e. The van der Waals surface area contributed by atoms with Crippen LogP contribution in [0.2, 0.25) is 5.02 Å². The predicted octanol–water partition coefficient (Wildman–Crippen LogP) is 4.64. The monoisotopic (exact) mass is 333 g/mol. The van der Waals surface area contributed by atoms with Crippen molar-refractivity contribution in [2.75, 3.05) is 20.3 Å². The largest absolute Gasteiger partial charge is 0.491 e. The number of methoxy groups -OCH3 is 1. The van der Waals surface area contributed by atoms with Crippen LogP contribution in [0.1, 0.15) is 30.9 Å². The minimum atomic E-state index is 0.455. The van der Waals surface area contributed by atoms with Gasteiger partial charge in [0, 0.05) is 13.1 Å². The van der Waals surface area contributed by atoms with Gasteiger partial charge >= 0.3 is 0 Å². The third-order valence-corrected chi connectivity index (χ3v) is 4.00. The molecule has 0 amide bonds. The quantitative estimate of drug-likeness (QED) is 0.763. The van der Waals surface area contributed by atoms with E-state index in [4.69, 9.17) is 21.1 Å². The average Bonchev–Trinajstić information content (AvgIpc) is 2.56. The van der Waals surface area contributed by atoms with Crippen LogP contribution in [0.3, 0.4) is 0 Å². The van der Waals surface area contributed by atoms with Crippen LogP contribution in [0, 0.1) is 0 Å². The molecule has 0 saturated heterocycles. The Morgan fingerprint density at radius 2 is 1.91 bits per heavy atom. The lowest BCUT2D eigenvalue weighted by atomic mass is 10.0. The van der Waals surface area contributed by atoms with Crippen molar-refractivity contribution in [3.05, 3.63) is 58.6 Å². The molecule has 1 unspecified atom stereocenters. The van der Waals surface area contributed by atoms with Crippen molar-refractivity contribution >= 4 is 11.6 Å². The molecule has 1 atom stereocenters. The number of hydrogen-bond donors (Lipinski definition) is 1. The summed E-state index contributed by atoms with van der Waals surface area (Å²) in [5.41, 5.74) is 2.42. The van der Waals surface area contributed by atoms with Crippen LogP contribution in [0.4, 0.5) is 0 Å². The summed E-state index contributed by atoms with van der Waals surface area (Å²) in [4.78, 5) is 0. The molecule has 2 rings (SSSR count). The molecule has 0 aliphatic carbocycles. The van der Waals surface area contributed by atoms with E-state index in [0.29, 0.717) is 29.0 Å². The second kappa shape index (κ2) is 8.80. The molecule has 2 aromatic rings. The van der Waals surface area contributed by atoms with E-state index in [-0.39, 0.29) is 0 Å². The fourth-order valence-corrected chi connectivity index (χ4v) is 2.83. The third kappa shape index (κ3) is 4.88. The maximum atomic E-state index is 6.27. The third-order valence-electron chi connectivity index (χ3n) is 3.72. The van der Waals surface area contributed by atoms with Gasteiger partial charge in [-0.1, -0.05) is 48.9 Å². The molecule has 0 fully saturated rings. The lowest BCUT2D eigenvalue weighted by Gasteiger charge is -2.15. The van der Waals surface area contributed by atoms with Gasteiger partial charge in [-0.2, -0.15) is 0 Å². The van der Waals surface area contributed by atoms with Gasteiger partial charge in [0.1, 0.15) is 0 Å². The second-order valence-corrected chi connectivity index (χ2v) is 5.89. The number of ether oxygens (including phenoxy) is 2. The first-order chi connectivity index (χ1) is 11.2. The highest BCUT2D eigenvalue weighted by atomic mass is 35.5. The van der Waals surface area contributed by atoms with E-state index in [1.807, 2.05) is 25.1 Å². The maximum absolute atomic E-state index is 6.27. The van der Waals surface area contributed by atoms with Gasteiger partial charge in [0.05, 0.1) is 18.7 Å². The Balaban J connectivity index is 1.98. The molecule has 3 nitrogen and oxygen atoms in total. The van der Waals surface area contributed by atoms with E-state index >= 15 is 0 Å². The van der Waals surface area contributed by atoms with Gasteiger partial charge in [-0.3, -0.25) is 0 Å². The topological polar surface area (TPSA) is 30.5 Å². The van der Waals surface area contributed by atoms with Crippen LogP contribution in [0.25, 0.3) is 0 Å². The molecule has 0 aliphatic rings. The summed E-state index contributed by atoms with van der Waals surface area (Å²) >= 11 is 6.27. The van der Waals surface area contributed by atoms with Gasteiger partial charge < -0.3 is 14.8 Å². The highest BCUT2D eigenvalue weighted by molar-refractivity contribution is 6.32. The molecule has 2 aromatic carbocycles. The highest BCUT2D eigenvalue weighted by Gasteiger charge is 2.12. The Hall–Kier alpha value is -1.71. The van der Waals surface area contributed by atoms with E-state index in [1.54, 1.807) is 7.11 Å². The number of halogens is 1. The smallest absolute Gasteiger partial charge is 0.179 e. The van der Waals surface area contributed by atoms with E-state index in [9.17, 15) is 0 Å². The normalized spacial score (nSPS) is 12.0. The molecule has 4 heteroatoms. The summed E-state index contributed by atoms with van der Waals surface area (Å²) in [6.07, 6.45) is 0. The first kappa shape index (κ1) is 17.6. The SMILES string of the molecule is CCOc1cc(CNCC(C)c2ccccc2)cc(Cl)c1OC. The van der Waals surface area contributed by atoms with Gasteiger partial charge in [0.25, 0.3) is 0 Å². The number of benzene rings is 2. The highest BCUT2D eigenvalue weighted by Crippen LogP contribution is 2.36. The molecular weight excluding hydrogens is 310 g/mol. The Labute approximate surface area is 143 Å². The molecule has 23 heavy (non-hydrogen) atoms. The summed E-state index contributed by atoms with van der Waals surface area (Å²) in [5.74, 6) is 1.74. The molecule has 0 heterocycles. The molecule has 0 spiro atoms. The van der Waals surface area contributed by atoms with Gasteiger partial charge in [-0.25, -0.2) is 0 Å². The summed E-state index contributed by atoms with van der Waals surface area (Å²) in [7, 11) is 1.60. The van der Waals surface area contributed by atoms with Crippen LogP contribution < -0.4 is 14.8 Å². The number of hydrogen-bond acceptors (Lipinski definition) is 3. The molecule has 0 aliphatic heterocycles. The maximum Gasteiger partial charge on any atom is 0.179 e. The molecular formula is C19H24ClNO2. The van der Waals surface area contributed by atoms with Crippen LogP contribution in [0.5, 0.6) is 11.5 Å². The second-order valence-electron chi connectivity index (χ2n) is 5.48. The fourth-order valence-electron chi connectivity index (χ4n) is 2.52. The van der Waals surface area contributed by atoms with E-state index < -0.39 is 0 Å². The summed E-state index contributed by atoms with van der Waals surface area (Å²) in [6, 6.07) is 14.4. The molecule has 0 radical (unpaired) electrons. The Morgan fingerprint density at radius 3 is 2.57 bits per heavy atom. The van der Waals surface area contributed by atoms with E-state index in [1.165, 1.54) is 5.56 Å². The van der Waals surface area contributed by atoms with Crippen LogP contribution >= 0.6 is 11.6 Å². The van der Waals surface area contributed by atoms with Crippen molar-refractivity contribution in [2.45, 2.75) is 26.3 Å². The van der Waals surface area contributed by atoms with Crippen molar-refractivity contribution in [3.8, 4) is 11.5 Å². The molecule has 124 valence electrons. The predicted molar refractivity (Wildman–Crippen MR) is 95.7 cm³/mol. The standard InChI is InChI=1S/C19H24ClNO2/c1-4-23-18-11-15(10-17(20)19(18)22-3)13-21-12-14(2)16-8-6-5-7-9-16/h5-11,14,21H,4,12-13H2,1-3H3. The van der Waals surface area contributed by atoms with Crippen LogP contribution in [-0.4, -0.2) is 20.3 Å². The van der Waals surface area contributed by atoms with Gasteiger partial charge in [0.15, 0.2) is 11.5 Å². The first-order valence-electron chi connectivity index (χ1n) is 7.90. The lowest BCUT2D eigenvalue weighted by Crippen LogP contribution is -2.19. The van der Waals surface area contributed by atoms with Crippen molar-refractivity contribution in [1.29, 1.82) is 0 Å². The fraction of sp³-hybridized carbons (Fsp3) is 0.368. The number of nitrogens with one attached hydrogen (secondary N) is 1. The van der Waals surface area contributed by atoms with Gasteiger partial charge in [-0.15, -0.1) is 0 Å². The molecule has 0 bridgehead atoms. The van der Waals surface area contributed by atoms with Crippen LogP contribution in [0.15, 0.2) is 42.5 Å². The molecule has 0 aromatic heterocycles. The summed E-state index contributed by atoms with van der Waals surface area (Å²) in [6.45, 7) is 6.38. The van der Waals surface area contributed by atoms with Crippen molar-refractivity contribution < 1.29 is 9.47 Å². The lowest BCUT2D eigenvalue weighted by molar-refractivity contribution is 0.310. The van der Waals surface area contributed by atoms with Gasteiger partial charge in [0.2, 0.25) is 0 Å². The summed E-state index contributed by atoms with van der Waals surface area (Å²) < 4.78 is 10.9. The molecule has 0 saturated carbocycles. The van der Waals surface area contributed by atoms with Gasteiger partial charge in [-0.05, 0) is 36.1 Å². The zero-order valence-corrected chi connectivity index (χ0v) is 14.7. The van der Waals surface area contributed by atoms with Crippen molar-refractivity contribution in [1.82, 2.24) is 5.32 Å².